The molecule has 1 aromatic heterocycles. The Bertz CT molecular complexity index is 390. The van der Waals surface area contributed by atoms with Crippen molar-refractivity contribution in [2.45, 2.75) is 13.3 Å². The molecule has 15 heavy (non-hydrogen) atoms. The summed E-state index contributed by atoms with van der Waals surface area (Å²) in [6.45, 7) is 2.12. The van der Waals surface area contributed by atoms with Gasteiger partial charge in [-0.15, -0.1) is 11.3 Å². The molecule has 0 aromatic carbocycles. The maximum atomic E-state index is 11.2. The van der Waals surface area contributed by atoms with Gasteiger partial charge in [-0.2, -0.15) is 12.6 Å². The van der Waals surface area contributed by atoms with Gasteiger partial charge in [0.1, 0.15) is 0 Å². The van der Waals surface area contributed by atoms with Crippen LogP contribution in [0.3, 0.4) is 0 Å². The fourth-order valence-corrected chi connectivity index (χ4v) is 1.59. The number of nitrogens with zero attached hydrogens (tertiary/aromatic N) is 1. The molecule has 0 aliphatic rings. The first-order valence-electron chi connectivity index (χ1n) is 4.50. The van der Waals surface area contributed by atoms with Crippen LogP contribution in [0.25, 0.3) is 0 Å². The molecule has 0 saturated heterocycles. The van der Waals surface area contributed by atoms with Crippen LogP contribution in [0, 0.1) is 11.8 Å². The molecule has 0 atom stereocenters. The SMILES string of the molecule is CCOC(=O)c1csc(C#CCCS)n1. The molecule has 0 radical (unpaired) electrons. The summed E-state index contributed by atoms with van der Waals surface area (Å²) in [5.74, 6) is 6.10. The summed E-state index contributed by atoms with van der Waals surface area (Å²) < 4.78 is 4.81. The Morgan fingerprint density at radius 1 is 1.73 bits per heavy atom. The van der Waals surface area contributed by atoms with E-state index in [1.807, 2.05) is 0 Å². The fraction of sp³-hybridized carbons (Fsp3) is 0.400. The summed E-state index contributed by atoms with van der Waals surface area (Å²) in [7, 11) is 0. The van der Waals surface area contributed by atoms with E-state index in [1.165, 1.54) is 11.3 Å². The molecule has 0 fully saturated rings. The number of thiazole rings is 1. The van der Waals surface area contributed by atoms with E-state index in [2.05, 4.69) is 29.5 Å². The second-order valence-electron chi connectivity index (χ2n) is 2.53. The lowest BCUT2D eigenvalue weighted by molar-refractivity contribution is 0.0520. The minimum Gasteiger partial charge on any atom is -0.461 e. The van der Waals surface area contributed by atoms with Crippen molar-refractivity contribution in [3.63, 3.8) is 0 Å². The van der Waals surface area contributed by atoms with Gasteiger partial charge in [0.25, 0.3) is 0 Å². The molecule has 0 spiro atoms. The van der Waals surface area contributed by atoms with Gasteiger partial charge in [-0.05, 0) is 12.8 Å². The molecule has 0 amide bonds. The molecule has 1 rings (SSSR count). The van der Waals surface area contributed by atoms with Crippen molar-refractivity contribution in [1.82, 2.24) is 4.98 Å². The van der Waals surface area contributed by atoms with Gasteiger partial charge < -0.3 is 4.74 Å². The molecule has 3 nitrogen and oxygen atoms in total. The number of rotatable bonds is 3. The molecule has 1 heterocycles. The molecule has 1 aromatic rings. The van der Waals surface area contributed by atoms with Crippen molar-refractivity contribution in [1.29, 1.82) is 0 Å². The Balaban J connectivity index is 2.65. The summed E-state index contributed by atoms with van der Waals surface area (Å²) in [6.07, 6.45) is 0.720. The van der Waals surface area contributed by atoms with Crippen LogP contribution in [-0.4, -0.2) is 23.3 Å². The van der Waals surface area contributed by atoms with E-state index in [0.717, 1.165) is 12.2 Å². The molecule has 80 valence electrons. The van der Waals surface area contributed by atoms with Gasteiger partial charge in [0.15, 0.2) is 10.7 Å². The highest BCUT2D eigenvalue weighted by atomic mass is 32.1. The van der Waals surface area contributed by atoms with Crippen molar-refractivity contribution in [3.8, 4) is 11.8 Å². The fourth-order valence-electron chi connectivity index (χ4n) is 0.824. The van der Waals surface area contributed by atoms with Crippen LogP contribution in [0.15, 0.2) is 5.38 Å². The van der Waals surface area contributed by atoms with Gasteiger partial charge in [0.2, 0.25) is 0 Å². The summed E-state index contributed by atoms with van der Waals surface area (Å²) in [5.41, 5.74) is 0.331. The smallest absolute Gasteiger partial charge is 0.357 e. The third-order valence-electron chi connectivity index (χ3n) is 1.42. The minimum atomic E-state index is -0.393. The van der Waals surface area contributed by atoms with E-state index in [4.69, 9.17) is 4.74 Å². The largest absolute Gasteiger partial charge is 0.461 e. The predicted octanol–water partition coefficient (Wildman–Crippen LogP) is 1.99. The average Bonchev–Trinajstić information content (AvgIpc) is 2.67. The second-order valence-corrected chi connectivity index (χ2v) is 3.84. The molecule has 0 saturated carbocycles. The monoisotopic (exact) mass is 241 g/mol. The first-order chi connectivity index (χ1) is 7.27. The van der Waals surface area contributed by atoms with Gasteiger partial charge in [-0.1, -0.05) is 5.92 Å². The predicted molar refractivity (Wildman–Crippen MR) is 63.4 cm³/mol. The highest BCUT2D eigenvalue weighted by Crippen LogP contribution is 2.09. The Kier molecular flexibility index (Phi) is 5.22. The summed E-state index contributed by atoms with van der Waals surface area (Å²) >= 11 is 5.38. The highest BCUT2D eigenvalue weighted by Gasteiger charge is 2.09. The summed E-state index contributed by atoms with van der Waals surface area (Å²) in [4.78, 5) is 15.3. The van der Waals surface area contributed by atoms with Gasteiger partial charge in [-0.25, -0.2) is 9.78 Å². The van der Waals surface area contributed by atoms with E-state index in [0.29, 0.717) is 17.3 Å². The van der Waals surface area contributed by atoms with Crippen LogP contribution in [0.1, 0.15) is 28.8 Å². The number of ether oxygens (including phenoxy) is 1. The lowest BCUT2D eigenvalue weighted by Gasteiger charge is -1.95. The minimum absolute atomic E-state index is 0.331. The Morgan fingerprint density at radius 2 is 2.53 bits per heavy atom. The zero-order valence-electron chi connectivity index (χ0n) is 8.32. The molecule has 0 aliphatic heterocycles. The number of hydrogen-bond donors (Lipinski definition) is 1. The van der Waals surface area contributed by atoms with Crippen molar-refractivity contribution in [3.05, 3.63) is 16.1 Å². The van der Waals surface area contributed by atoms with Crippen LogP contribution in [0.5, 0.6) is 0 Å². The molecule has 0 aliphatic carbocycles. The van der Waals surface area contributed by atoms with Crippen molar-refractivity contribution in [2.75, 3.05) is 12.4 Å². The Labute approximate surface area is 98.3 Å². The maximum Gasteiger partial charge on any atom is 0.357 e. The highest BCUT2D eigenvalue weighted by molar-refractivity contribution is 7.80. The standard InChI is InChI=1S/C10H11NO2S2/c1-2-13-10(12)8-7-15-9(11-8)5-3-4-6-14/h7,14H,2,4,6H2,1H3. The van der Waals surface area contributed by atoms with Crippen LogP contribution in [0.2, 0.25) is 0 Å². The molecule has 0 unspecified atom stereocenters. The average molecular weight is 241 g/mol. The Hall–Kier alpha value is -0.990. The van der Waals surface area contributed by atoms with E-state index in [1.54, 1.807) is 12.3 Å². The number of esters is 1. The first kappa shape index (κ1) is 12.1. The number of hydrogen-bond acceptors (Lipinski definition) is 5. The van der Waals surface area contributed by atoms with E-state index >= 15 is 0 Å². The van der Waals surface area contributed by atoms with Crippen molar-refractivity contribution < 1.29 is 9.53 Å². The van der Waals surface area contributed by atoms with E-state index in [9.17, 15) is 4.79 Å². The Morgan fingerprint density at radius 3 is 3.20 bits per heavy atom. The summed E-state index contributed by atoms with van der Waals surface area (Å²) in [5, 5.41) is 2.29. The molecular weight excluding hydrogens is 230 g/mol. The third-order valence-corrected chi connectivity index (χ3v) is 2.40. The normalized spacial score (nSPS) is 9.20. The van der Waals surface area contributed by atoms with E-state index in [-0.39, 0.29) is 0 Å². The third kappa shape index (κ3) is 3.94. The van der Waals surface area contributed by atoms with Gasteiger partial charge >= 0.3 is 5.97 Å². The zero-order chi connectivity index (χ0) is 11.1. The van der Waals surface area contributed by atoms with Crippen molar-refractivity contribution >= 4 is 29.9 Å². The van der Waals surface area contributed by atoms with Crippen LogP contribution < -0.4 is 0 Å². The lowest BCUT2D eigenvalue weighted by Crippen LogP contribution is -2.04. The number of aromatic nitrogens is 1. The number of thiol groups is 1. The quantitative estimate of drug-likeness (QED) is 0.500. The lowest BCUT2D eigenvalue weighted by atomic mass is 10.4. The molecular formula is C10H11NO2S2. The van der Waals surface area contributed by atoms with Crippen LogP contribution in [-0.2, 0) is 4.74 Å². The molecule has 5 heteroatoms. The molecule has 0 N–H and O–H groups in total. The first-order valence-corrected chi connectivity index (χ1v) is 6.01. The molecule has 0 bridgehead atoms. The zero-order valence-corrected chi connectivity index (χ0v) is 10.0. The van der Waals surface area contributed by atoms with Crippen LogP contribution >= 0.6 is 24.0 Å². The van der Waals surface area contributed by atoms with Crippen LogP contribution in [0.4, 0.5) is 0 Å². The number of carbonyl (C=O) groups excluding carboxylic acids is 1. The second kappa shape index (κ2) is 6.49. The summed E-state index contributed by atoms with van der Waals surface area (Å²) in [6, 6.07) is 0. The topological polar surface area (TPSA) is 39.2 Å². The van der Waals surface area contributed by atoms with Gasteiger partial charge in [-0.3, -0.25) is 0 Å². The van der Waals surface area contributed by atoms with E-state index < -0.39 is 5.97 Å². The number of carbonyl (C=O) groups is 1. The van der Waals surface area contributed by atoms with Crippen molar-refractivity contribution in [2.24, 2.45) is 0 Å². The maximum absolute atomic E-state index is 11.2. The van der Waals surface area contributed by atoms with Gasteiger partial charge in [0.05, 0.1) is 6.61 Å². The van der Waals surface area contributed by atoms with Gasteiger partial charge in [0, 0.05) is 17.6 Å².